The summed E-state index contributed by atoms with van der Waals surface area (Å²) in [5.74, 6) is 1.17. The van der Waals surface area contributed by atoms with Crippen LogP contribution in [0.25, 0.3) is 0 Å². The van der Waals surface area contributed by atoms with Crippen LogP contribution >= 0.6 is 0 Å². The van der Waals surface area contributed by atoms with Crippen molar-refractivity contribution in [3.63, 3.8) is 0 Å². The smallest absolute Gasteiger partial charge is 0.136 e. The molecule has 0 unspecified atom stereocenters. The molecule has 1 rings (SSSR count). The Balaban J connectivity index is 2.56. The maximum atomic E-state index is 11.3. The first kappa shape index (κ1) is 10.5. The molecule has 0 aliphatic heterocycles. The molecule has 1 saturated carbocycles. The molecule has 0 bridgehead atoms. The topological polar surface area (TPSA) is 17.1 Å². The van der Waals surface area contributed by atoms with Gasteiger partial charge >= 0.3 is 0 Å². The van der Waals surface area contributed by atoms with Gasteiger partial charge in [0.05, 0.1) is 0 Å². The van der Waals surface area contributed by atoms with Crippen LogP contribution < -0.4 is 0 Å². The van der Waals surface area contributed by atoms with Gasteiger partial charge < -0.3 is 0 Å². The molecule has 0 aromatic rings. The number of ketones is 1. The largest absolute Gasteiger partial charge is 0.299 e. The Hall–Kier alpha value is -0.590. The molecule has 1 aliphatic carbocycles. The van der Waals surface area contributed by atoms with Crippen molar-refractivity contribution >= 4 is 5.78 Å². The lowest BCUT2D eigenvalue weighted by atomic mass is 9.91. The van der Waals surface area contributed by atoms with Crippen molar-refractivity contribution in [3.8, 4) is 0 Å². The maximum Gasteiger partial charge on any atom is 0.136 e. The average Bonchev–Trinajstić information content (AvgIpc) is 2.29. The second-order valence-electron chi connectivity index (χ2n) is 5.18. The van der Waals surface area contributed by atoms with E-state index in [1.54, 1.807) is 0 Å². The van der Waals surface area contributed by atoms with Crippen LogP contribution in [0.3, 0.4) is 0 Å². The Labute approximate surface area is 81.2 Å². The summed E-state index contributed by atoms with van der Waals surface area (Å²) >= 11 is 0. The molecule has 1 fully saturated rings. The number of carbonyl (C=O) groups is 1. The molecule has 1 heteroatoms. The standard InChI is InChI=1S/C12H20O/c1-9-10(5-6-11(9)13)7-8-12(2,3)4/h7-10H,5-6H2,1-4H3/b8-7+/t9-,10-/m0/s1. The van der Waals surface area contributed by atoms with Gasteiger partial charge in [0.25, 0.3) is 0 Å². The molecule has 0 aromatic carbocycles. The summed E-state index contributed by atoms with van der Waals surface area (Å²) in [6.45, 7) is 8.60. The molecule has 0 radical (unpaired) electrons. The molecule has 1 nitrogen and oxygen atoms in total. The van der Waals surface area contributed by atoms with Crippen LogP contribution in [0, 0.1) is 17.3 Å². The summed E-state index contributed by atoms with van der Waals surface area (Å²) in [6, 6.07) is 0. The normalized spacial score (nSPS) is 30.3. The zero-order valence-electron chi connectivity index (χ0n) is 9.13. The van der Waals surface area contributed by atoms with Gasteiger partial charge in [-0.3, -0.25) is 4.79 Å². The minimum absolute atomic E-state index is 0.241. The average molecular weight is 180 g/mol. The first-order valence-corrected chi connectivity index (χ1v) is 5.12. The zero-order valence-corrected chi connectivity index (χ0v) is 9.13. The van der Waals surface area contributed by atoms with E-state index in [2.05, 4.69) is 32.9 Å². The van der Waals surface area contributed by atoms with E-state index in [1.165, 1.54) is 0 Å². The summed E-state index contributed by atoms with van der Waals surface area (Å²) in [5, 5.41) is 0. The fraction of sp³-hybridized carbons (Fsp3) is 0.750. The third-order valence-corrected chi connectivity index (χ3v) is 2.72. The summed E-state index contributed by atoms with van der Waals surface area (Å²) in [6.07, 6.45) is 6.29. The molecular formula is C12H20O. The summed E-state index contributed by atoms with van der Waals surface area (Å²) in [5.41, 5.74) is 0.241. The fourth-order valence-corrected chi connectivity index (χ4v) is 1.70. The van der Waals surface area contributed by atoms with Crippen LogP contribution in [0.5, 0.6) is 0 Å². The Bertz CT molecular complexity index is 220. The molecule has 0 heterocycles. The SMILES string of the molecule is C[C@@H]1C(=O)CC[C@H]1/C=C/C(C)(C)C. The van der Waals surface area contributed by atoms with E-state index in [0.717, 1.165) is 12.8 Å². The monoisotopic (exact) mass is 180 g/mol. The summed E-state index contributed by atoms with van der Waals surface area (Å²) in [7, 11) is 0. The van der Waals surface area contributed by atoms with Gasteiger partial charge in [-0.05, 0) is 17.8 Å². The van der Waals surface area contributed by atoms with Crippen LogP contribution in [-0.4, -0.2) is 5.78 Å². The van der Waals surface area contributed by atoms with Crippen LogP contribution in [0.1, 0.15) is 40.5 Å². The van der Waals surface area contributed by atoms with E-state index >= 15 is 0 Å². The van der Waals surface area contributed by atoms with Crippen molar-refractivity contribution in [1.82, 2.24) is 0 Å². The summed E-state index contributed by atoms with van der Waals surface area (Å²) in [4.78, 5) is 11.3. The molecule has 13 heavy (non-hydrogen) atoms. The lowest BCUT2D eigenvalue weighted by Crippen LogP contribution is -2.09. The molecule has 1 aliphatic rings. The van der Waals surface area contributed by atoms with E-state index in [0.29, 0.717) is 11.7 Å². The third kappa shape index (κ3) is 2.98. The van der Waals surface area contributed by atoms with E-state index in [-0.39, 0.29) is 11.3 Å². The molecule has 2 atom stereocenters. The van der Waals surface area contributed by atoms with Gasteiger partial charge in [-0.25, -0.2) is 0 Å². The Kier molecular flexibility index (Phi) is 2.94. The Morgan fingerprint density at radius 1 is 1.38 bits per heavy atom. The van der Waals surface area contributed by atoms with Crippen LogP contribution in [-0.2, 0) is 4.79 Å². The van der Waals surface area contributed by atoms with Gasteiger partial charge in [0.2, 0.25) is 0 Å². The van der Waals surface area contributed by atoms with Gasteiger partial charge in [-0.15, -0.1) is 0 Å². The highest BCUT2D eigenvalue weighted by Crippen LogP contribution is 2.30. The van der Waals surface area contributed by atoms with Crippen LogP contribution in [0.4, 0.5) is 0 Å². The van der Waals surface area contributed by atoms with Crippen molar-refractivity contribution < 1.29 is 4.79 Å². The number of allylic oxidation sites excluding steroid dienone is 2. The predicted molar refractivity (Wildman–Crippen MR) is 55.5 cm³/mol. The van der Waals surface area contributed by atoms with E-state index < -0.39 is 0 Å². The molecule has 0 aromatic heterocycles. The van der Waals surface area contributed by atoms with Gasteiger partial charge in [0.15, 0.2) is 0 Å². The predicted octanol–water partition coefficient (Wildman–Crippen LogP) is 3.20. The van der Waals surface area contributed by atoms with Crippen molar-refractivity contribution in [2.45, 2.75) is 40.5 Å². The maximum absolute atomic E-state index is 11.3. The van der Waals surface area contributed by atoms with Crippen LogP contribution in [0.15, 0.2) is 12.2 Å². The second kappa shape index (κ2) is 3.65. The van der Waals surface area contributed by atoms with Gasteiger partial charge in [-0.1, -0.05) is 39.8 Å². The third-order valence-electron chi connectivity index (χ3n) is 2.72. The van der Waals surface area contributed by atoms with Gasteiger partial charge in [0.1, 0.15) is 5.78 Å². The minimum atomic E-state index is 0.241. The Morgan fingerprint density at radius 2 is 2.00 bits per heavy atom. The molecule has 0 N–H and O–H groups in total. The Morgan fingerprint density at radius 3 is 2.38 bits per heavy atom. The van der Waals surface area contributed by atoms with Crippen molar-refractivity contribution in [3.05, 3.63) is 12.2 Å². The van der Waals surface area contributed by atoms with E-state index in [9.17, 15) is 4.79 Å². The molecule has 74 valence electrons. The number of rotatable bonds is 1. The fourth-order valence-electron chi connectivity index (χ4n) is 1.70. The van der Waals surface area contributed by atoms with Gasteiger partial charge in [-0.2, -0.15) is 0 Å². The summed E-state index contributed by atoms with van der Waals surface area (Å²) < 4.78 is 0. The molecule has 0 spiro atoms. The number of hydrogen-bond donors (Lipinski definition) is 0. The highest BCUT2D eigenvalue weighted by molar-refractivity contribution is 5.83. The number of Topliss-reactive ketones (excluding diaryl/α,β-unsaturated/α-hetero) is 1. The quantitative estimate of drug-likeness (QED) is 0.566. The number of hydrogen-bond acceptors (Lipinski definition) is 1. The number of carbonyl (C=O) groups excluding carboxylic acids is 1. The first-order chi connectivity index (χ1) is 5.90. The first-order valence-electron chi connectivity index (χ1n) is 5.12. The van der Waals surface area contributed by atoms with E-state index in [4.69, 9.17) is 0 Å². The molecule has 0 amide bonds. The van der Waals surface area contributed by atoms with E-state index in [1.807, 2.05) is 6.92 Å². The van der Waals surface area contributed by atoms with Crippen molar-refractivity contribution in [1.29, 1.82) is 0 Å². The minimum Gasteiger partial charge on any atom is -0.299 e. The van der Waals surface area contributed by atoms with Crippen LogP contribution in [0.2, 0.25) is 0 Å². The second-order valence-corrected chi connectivity index (χ2v) is 5.18. The lowest BCUT2D eigenvalue weighted by molar-refractivity contribution is -0.120. The molecule has 0 saturated heterocycles. The van der Waals surface area contributed by atoms with Crippen molar-refractivity contribution in [2.24, 2.45) is 17.3 Å². The zero-order chi connectivity index (χ0) is 10.1. The highest BCUT2D eigenvalue weighted by Gasteiger charge is 2.28. The highest BCUT2D eigenvalue weighted by atomic mass is 16.1. The van der Waals surface area contributed by atoms with Gasteiger partial charge in [0, 0.05) is 12.3 Å². The molecular weight excluding hydrogens is 160 g/mol. The lowest BCUT2D eigenvalue weighted by Gasteiger charge is -2.14. The van der Waals surface area contributed by atoms with Crippen molar-refractivity contribution in [2.75, 3.05) is 0 Å².